The summed E-state index contributed by atoms with van der Waals surface area (Å²) in [4.78, 5) is 0. The van der Waals surface area contributed by atoms with Crippen molar-refractivity contribution in [3.8, 4) is 0 Å². The van der Waals surface area contributed by atoms with Gasteiger partial charge in [0.25, 0.3) is 0 Å². The van der Waals surface area contributed by atoms with Crippen molar-refractivity contribution in [2.75, 3.05) is 25.1 Å². The first-order valence-corrected chi connectivity index (χ1v) is 7.24. The lowest BCUT2D eigenvalue weighted by atomic mass is 9.91. The van der Waals surface area contributed by atoms with Crippen LogP contribution in [0.1, 0.15) is 19.3 Å². The van der Waals surface area contributed by atoms with Crippen LogP contribution in [0.5, 0.6) is 0 Å². The fourth-order valence-corrected chi connectivity index (χ4v) is 2.71. The van der Waals surface area contributed by atoms with E-state index in [-0.39, 0.29) is 12.1 Å². The molecule has 1 aromatic carbocycles. The Morgan fingerprint density at radius 3 is 2.94 bits per heavy atom. The van der Waals surface area contributed by atoms with E-state index in [0.29, 0.717) is 11.6 Å². The number of rotatable bonds is 3. The van der Waals surface area contributed by atoms with Crippen molar-refractivity contribution in [3.05, 3.63) is 27.7 Å². The molecule has 0 aromatic heterocycles. The zero-order valence-corrected chi connectivity index (χ0v) is 12.4. The molecule has 1 aliphatic rings. The molecule has 0 saturated carbocycles. The summed E-state index contributed by atoms with van der Waals surface area (Å²) in [6, 6.07) is 5.70. The number of ether oxygens (including phenoxy) is 1. The van der Waals surface area contributed by atoms with Gasteiger partial charge < -0.3 is 15.2 Å². The molecule has 5 heteroatoms. The molecule has 1 saturated heterocycles. The molecule has 1 fully saturated rings. The number of aliphatic hydroxyl groups excluding tert-OH is 1. The van der Waals surface area contributed by atoms with Gasteiger partial charge in [-0.05, 0) is 53.4 Å². The van der Waals surface area contributed by atoms with Crippen LogP contribution in [0.15, 0.2) is 22.7 Å². The molecule has 0 amide bonds. The fraction of sp³-hybridized carbons (Fsp3) is 0.538. The van der Waals surface area contributed by atoms with Gasteiger partial charge in [0.1, 0.15) is 0 Å². The van der Waals surface area contributed by atoms with E-state index in [1.165, 1.54) is 0 Å². The van der Waals surface area contributed by atoms with Crippen LogP contribution >= 0.6 is 27.5 Å². The number of anilines is 1. The minimum absolute atomic E-state index is 0.108. The first kappa shape index (κ1) is 14.1. The smallest absolute Gasteiger partial charge is 0.0662 e. The van der Waals surface area contributed by atoms with Crippen molar-refractivity contribution in [1.82, 2.24) is 0 Å². The topological polar surface area (TPSA) is 41.5 Å². The Hall–Kier alpha value is -0.290. The number of benzene rings is 1. The second kappa shape index (κ2) is 6.24. The average molecular weight is 335 g/mol. The minimum atomic E-state index is -0.288. The van der Waals surface area contributed by atoms with E-state index in [4.69, 9.17) is 16.3 Å². The summed E-state index contributed by atoms with van der Waals surface area (Å²) in [5.74, 6) is 0. The molecule has 0 spiro atoms. The monoisotopic (exact) mass is 333 g/mol. The summed E-state index contributed by atoms with van der Waals surface area (Å²) in [5.41, 5.74) is 0.672. The van der Waals surface area contributed by atoms with E-state index in [0.717, 1.165) is 36.0 Å². The molecule has 2 rings (SSSR count). The summed E-state index contributed by atoms with van der Waals surface area (Å²) in [6.07, 6.45) is 2.68. The number of hydrogen-bond acceptors (Lipinski definition) is 3. The van der Waals surface area contributed by atoms with Gasteiger partial charge in [-0.15, -0.1) is 0 Å². The normalized spacial score (nSPS) is 24.6. The van der Waals surface area contributed by atoms with E-state index >= 15 is 0 Å². The van der Waals surface area contributed by atoms with E-state index < -0.39 is 0 Å². The third-order valence-electron chi connectivity index (χ3n) is 3.30. The molecule has 1 atom stereocenters. The Labute approximate surface area is 121 Å². The number of nitrogens with one attached hydrogen (secondary N) is 1. The first-order chi connectivity index (χ1) is 8.65. The molecular formula is C13H17BrClNO2. The molecule has 100 valence electrons. The zero-order chi connectivity index (χ0) is 13.0. The molecule has 1 aromatic rings. The van der Waals surface area contributed by atoms with Crippen molar-refractivity contribution >= 4 is 33.2 Å². The van der Waals surface area contributed by atoms with E-state index in [9.17, 15) is 5.11 Å². The summed E-state index contributed by atoms with van der Waals surface area (Å²) in [5, 5.41) is 13.8. The Bertz CT molecular complexity index is 406. The Morgan fingerprint density at radius 2 is 2.22 bits per heavy atom. The molecule has 2 N–H and O–H groups in total. The van der Waals surface area contributed by atoms with Crippen LogP contribution in [-0.2, 0) is 4.74 Å². The highest BCUT2D eigenvalue weighted by molar-refractivity contribution is 9.10. The van der Waals surface area contributed by atoms with Gasteiger partial charge in [0, 0.05) is 23.4 Å². The van der Waals surface area contributed by atoms with Crippen molar-refractivity contribution in [3.63, 3.8) is 0 Å². The van der Waals surface area contributed by atoms with Gasteiger partial charge in [0.15, 0.2) is 0 Å². The van der Waals surface area contributed by atoms with Crippen LogP contribution in [0, 0.1) is 0 Å². The van der Waals surface area contributed by atoms with Gasteiger partial charge in [-0.1, -0.05) is 11.6 Å². The van der Waals surface area contributed by atoms with Crippen LogP contribution in [0.2, 0.25) is 5.02 Å². The number of hydrogen-bond donors (Lipinski definition) is 2. The maximum Gasteiger partial charge on any atom is 0.0662 e. The summed E-state index contributed by atoms with van der Waals surface area (Å²) in [6.45, 7) is 1.56. The SMILES string of the molecule is OCC1(Nc2ccc(Cl)c(Br)c2)CCCOCC1. The average Bonchev–Trinajstić information content (AvgIpc) is 2.60. The zero-order valence-electron chi connectivity index (χ0n) is 10.1. The van der Waals surface area contributed by atoms with Crippen molar-refractivity contribution in [1.29, 1.82) is 0 Å². The van der Waals surface area contributed by atoms with Crippen molar-refractivity contribution < 1.29 is 9.84 Å². The molecule has 0 aliphatic carbocycles. The molecule has 3 nitrogen and oxygen atoms in total. The number of halogens is 2. The van der Waals surface area contributed by atoms with E-state index in [1.807, 2.05) is 18.2 Å². The van der Waals surface area contributed by atoms with E-state index in [2.05, 4.69) is 21.2 Å². The lowest BCUT2D eigenvalue weighted by Crippen LogP contribution is -2.42. The van der Waals surface area contributed by atoms with Gasteiger partial charge >= 0.3 is 0 Å². The van der Waals surface area contributed by atoms with Gasteiger partial charge in [-0.3, -0.25) is 0 Å². The molecule has 0 bridgehead atoms. The minimum Gasteiger partial charge on any atom is -0.394 e. The summed E-state index contributed by atoms with van der Waals surface area (Å²) in [7, 11) is 0. The maximum atomic E-state index is 9.70. The van der Waals surface area contributed by atoms with Gasteiger partial charge in [0.05, 0.1) is 17.2 Å². The molecule has 1 heterocycles. The van der Waals surface area contributed by atoms with Gasteiger partial charge in [-0.2, -0.15) is 0 Å². The number of aliphatic hydroxyl groups is 1. The quantitative estimate of drug-likeness (QED) is 0.889. The third kappa shape index (κ3) is 3.38. The van der Waals surface area contributed by atoms with Gasteiger partial charge in [-0.25, -0.2) is 0 Å². The molecule has 18 heavy (non-hydrogen) atoms. The van der Waals surface area contributed by atoms with Crippen LogP contribution < -0.4 is 5.32 Å². The fourth-order valence-electron chi connectivity index (χ4n) is 2.21. The van der Waals surface area contributed by atoms with Crippen molar-refractivity contribution in [2.45, 2.75) is 24.8 Å². The van der Waals surface area contributed by atoms with E-state index in [1.54, 1.807) is 0 Å². The van der Waals surface area contributed by atoms with Crippen LogP contribution in [0.25, 0.3) is 0 Å². The highest BCUT2D eigenvalue weighted by atomic mass is 79.9. The predicted octanol–water partition coefficient (Wildman–Crippen LogP) is 3.45. The van der Waals surface area contributed by atoms with Crippen LogP contribution in [0.3, 0.4) is 0 Å². The highest BCUT2D eigenvalue weighted by Gasteiger charge is 2.30. The molecule has 1 aliphatic heterocycles. The maximum absolute atomic E-state index is 9.70. The molecule has 1 unspecified atom stereocenters. The van der Waals surface area contributed by atoms with Crippen LogP contribution in [-0.4, -0.2) is 30.5 Å². The highest BCUT2D eigenvalue weighted by Crippen LogP contribution is 2.30. The molecular weight excluding hydrogens is 318 g/mol. The lowest BCUT2D eigenvalue weighted by Gasteiger charge is -2.32. The third-order valence-corrected chi connectivity index (χ3v) is 4.51. The first-order valence-electron chi connectivity index (χ1n) is 6.07. The van der Waals surface area contributed by atoms with Crippen LogP contribution in [0.4, 0.5) is 5.69 Å². The summed E-state index contributed by atoms with van der Waals surface area (Å²) < 4.78 is 6.30. The van der Waals surface area contributed by atoms with Gasteiger partial charge in [0.2, 0.25) is 0 Å². The van der Waals surface area contributed by atoms with Crippen molar-refractivity contribution in [2.24, 2.45) is 0 Å². The largest absolute Gasteiger partial charge is 0.394 e. The second-order valence-electron chi connectivity index (χ2n) is 4.66. The Balaban J connectivity index is 2.15. The Kier molecular flexibility index (Phi) is 4.90. The molecule has 0 radical (unpaired) electrons. The lowest BCUT2D eigenvalue weighted by molar-refractivity contribution is 0.132. The summed E-state index contributed by atoms with van der Waals surface area (Å²) >= 11 is 9.38. The second-order valence-corrected chi connectivity index (χ2v) is 5.92. The Morgan fingerprint density at radius 1 is 1.39 bits per heavy atom. The predicted molar refractivity (Wildman–Crippen MR) is 77.3 cm³/mol. The standard InChI is InChI=1S/C13H17BrClNO2/c14-11-8-10(2-3-12(11)15)16-13(9-17)4-1-6-18-7-5-13/h2-3,8,16-17H,1,4-7,9H2.